The molecule has 6 rings (SSSR count). The topological polar surface area (TPSA) is 75.5 Å². The molecule has 1 unspecified atom stereocenters. The van der Waals surface area contributed by atoms with Crippen LogP contribution in [-0.2, 0) is 13.0 Å². The van der Waals surface area contributed by atoms with Gasteiger partial charge in [0.2, 0.25) is 0 Å². The Bertz CT molecular complexity index is 1400. The van der Waals surface area contributed by atoms with Crippen LogP contribution in [-0.4, -0.2) is 37.0 Å². The second-order valence-electron chi connectivity index (χ2n) is 8.70. The maximum absolute atomic E-state index is 4.61. The Labute approximate surface area is 192 Å². The van der Waals surface area contributed by atoms with Crippen molar-refractivity contribution in [2.24, 2.45) is 0 Å². The molecule has 3 heterocycles. The molecule has 0 aliphatic heterocycles. The Balaban J connectivity index is 1.23. The van der Waals surface area contributed by atoms with Gasteiger partial charge in [0.05, 0.1) is 18.2 Å². The van der Waals surface area contributed by atoms with Crippen molar-refractivity contribution in [3.63, 3.8) is 0 Å². The minimum absolute atomic E-state index is 0.484. The largest absolute Gasteiger partial charge is 0.345 e. The molecule has 33 heavy (non-hydrogen) atoms. The molecular formula is C26H25N7. The third-order valence-electron chi connectivity index (χ3n) is 6.63. The lowest BCUT2D eigenvalue weighted by Crippen LogP contribution is -2.16. The van der Waals surface area contributed by atoms with E-state index in [1.807, 2.05) is 12.4 Å². The fraction of sp³-hybridized carbons (Fsp3) is 0.231. The number of aromatic nitrogens is 6. The first-order valence-electron chi connectivity index (χ1n) is 11.3. The zero-order chi connectivity index (χ0) is 22.2. The maximum atomic E-state index is 4.61. The number of para-hydroxylation sites is 1. The lowest BCUT2D eigenvalue weighted by molar-refractivity contribution is 0.483. The minimum Gasteiger partial charge on any atom is -0.345 e. The molecule has 164 valence electrons. The summed E-state index contributed by atoms with van der Waals surface area (Å²) < 4.78 is 2.19. The average Bonchev–Trinajstić information content (AvgIpc) is 3.53. The van der Waals surface area contributed by atoms with Gasteiger partial charge >= 0.3 is 0 Å². The number of fused-ring (bicyclic) bond motifs is 2. The molecule has 2 aromatic carbocycles. The van der Waals surface area contributed by atoms with Crippen LogP contribution in [0.3, 0.4) is 0 Å². The van der Waals surface area contributed by atoms with Crippen LogP contribution < -0.4 is 4.90 Å². The van der Waals surface area contributed by atoms with E-state index in [1.54, 1.807) is 6.20 Å². The van der Waals surface area contributed by atoms with E-state index in [2.05, 4.69) is 96.6 Å². The number of hydrogen-bond donors (Lipinski definition) is 1. The van der Waals surface area contributed by atoms with Crippen molar-refractivity contribution in [1.82, 2.24) is 29.9 Å². The molecule has 3 aromatic heterocycles. The van der Waals surface area contributed by atoms with Crippen molar-refractivity contribution < 1.29 is 0 Å². The van der Waals surface area contributed by atoms with Crippen molar-refractivity contribution in [2.45, 2.75) is 31.7 Å². The van der Waals surface area contributed by atoms with Crippen molar-refractivity contribution in [3.05, 3.63) is 84.4 Å². The molecule has 0 saturated heterocycles. The number of benzene rings is 2. The van der Waals surface area contributed by atoms with Crippen molar-refractivity contribution in [2.75, 3.05) is 11.9 Å². The summed E-state index contributed by atoms with van der Waals surface area (Å²) in [5, 5.41) is 10.9. The predicted octanol–water partition coefficient (Wildman–Crippen LogP) is 5.10. The number of H-pyrrole nitrogens is 1. The zero-order valence-corrected chi connectivity index (χ0v) is 18.5. The fourth-order valence-electron chi connectivity index (χ4n) is 4.83. The predicted molar refractivity (Wildman–Crippen MR) is 130 cm³/mol. The smallest absolute Gasteiger partial charge is 0.131 e. The highest BCUT2D eigenvalue weighted by Gasteiger charge is 2.22. The van der Waals surface area contributed by atoms with Gasteiger partial charge < -0.3 is 9.47 Å². The number of nitrogens with zero attached hydrogens (tertiary/aromatic N) is 6. The van der Waals surface area contributed by atoms with E-state index in [4.69, 9.17) is 0 Å². The van der Waals surface area contributed by atoms with E-state index in [1.165, 1.54) is 35.3 Å². The van der Waals surface area contributed by atoms with Crippen LogP contribution in [0.25, 0.3) is 22.4 Å². The summed E-state index contributed by atoms with van der Waals surface area (Å²) in [6, 6.07) is 19.4. The number of pyridine rings is 1. The number of aromatic amines is 1. The molecule has 0 amide bonds. The molecular weight excluding hydrogens is 410 g/mol. The summed E-state index contributed by atoms with van der Waals surface area (Å²) in [5.74, 6) is 0.484. The van der Waals surface area contributed by atoms with E-state index in [9.17, 15) is 0 Å². The standard InChI is InChI=1S/C26H25N7/c1-32(20-8-3-2-4-9-20)21-10-11-22-18(12-21)6-5-7-19(22)15-33-16-26(28-17-33)23-13-24-25(14-27-23)30-31-29-24/h2-4,8-14,16-17,19H,5-7,15H2,1H3,(H,29,30,31). The first kappa shape index (κ1) is 19.7. The van der Waals surface area contributed by atoms with Crippen LogP contribution in [0.4, 0.5) is 11.4 Å². The molecule has 0 fully saturated rings. The van der Waals surface area contributed by atoms with Gasteiger partial charge in [-0.05, 0) is 60.7 Å². The van der Waals surface area contributed by atoms with Crippen LogP contribution in [0.1, 0.15) is 29.9 Å². The van der Waals surface area contributed by atoms with Gasteiger partial charge in [0, 0.05) is 37.1 Å². The van der Waals surface area contributed by atoms with Gasteiger partial charge in [0.1, 0.15) is 16.7 Å². The summed E-state index contributed by atoms with van der Waals surface area (Å²) >= 11 is 0. The second-order valence-corrected chi connectivity index (χ2v) is 8.70. The highest BCUT2D eigenvalue weighted by molar-refractivity contribution is 5.76. The normalized spacial score (nSPS) is 15.5. The van der Waals surface area contributed by atoms with E-state index < -0.39 is 0 Å². The number of anilines is 2. The summed E-state index contributed by atoms with van der Waals surface area (Å²) in [5.41, 5.74) is 8.59. The third kappa shape index (κ3) is 3.75. The van der Waals surface area contributed by atoms with Gasteiger partial charge in [-0.25, -0.2) is 4.98 Å². The first-order valence-corrected chi connectivity index (χ1v) is 11.3. The van der Waals surface area contributed by atoms with E-state index >= 15 is 0 Å². The molecule has 5 aromatic rings. The second kappa shape index (κ2) is 8.16. The molecule has 0 bridgehead atoms. The zero-order valence-electron chi connectivity index (χ0n) is 18.5. The lowest BCUT2D eigenvalue weighted by Gasteiger charge is -2.28. The minimum atomic E-state index is 0.484. The van der Waals surface area contributed by atoms with Crippen molar-refractivity contribution in [1.29, 1.82) is 0 Å². The van der Waals surface area contributed by atoms with Crippen molar-refractivity contribution in [3.8, 4) is 11.4 Å². The van der Waals surface area contributed by atoms with Crippen LogP contribution in [0.2, 0.25) is 0 Å². The monoisotopic (exact) mass is 435 g/mol. The van der Waals surface area contributed by atoms with Gasteiger partial charge in [0.15, 0.2) is 0 Å². The molecule has 0 radical (unpaired) electrons. The average molecular weight is 436 g/mol. The molecule has 0 saturated carbocycles. The Hall–Kier alpha value is -4.00. The van der Waals surface area contributed by atoms with Gasteiger partial charge in [-0.2, -0.15) is 15.4 Å². The number of imidazole rings is 1. The highest BCUT2D eigenvalue weighted by Crippen LogP contribution is 2.36. The Morgan fingerprint density at radius 3 is 2.76 bits per heavy atom. The first-order chi connectivity index (χ1) is 16.2. The summed E-state index contributed by atoms with van der Waals surface area (Å²) in [6.07, 6.45) is 9.27. The van der Waals surface area contributed by atoms with Gasteiger partial charge in [-0.15, -0.1) is 0 Å². The lowest BCUT2D eigenvalue weighted by atomic mass is 9.82. The van der Waals surface area contributed by atoms with E-state index in [0.717, 1.165) is 35.4 Å². The molecule has 7 nitrogen and oxygen atoms in total. The molecule has 1 aliphatic rings. The van der Waals surface area contributed by atoms with Gasteiger partial charge in [-0.1, -0.05) is 24.3 Å². The number of hydrogen-bond acceptors (Lipinski definition) is 5. The molecule has 1 N–H and O–H groups in total. The van der Waals surface area contributed by atoms with Crippen LogP contribution in [0.5, 0.6) is 0 Å². The summed E-state index contributed by atoms with van der Waals surface area (Å²) in [4.78, 5) is 11.4. The molecule has 1 atom stereocenters. The quantitative estimate of drug-likeness (QED) is 0.415. The number of rotatable bonds is 5. The highest BCUT2D eigenvalue weighted by atomic mass is 15.3. The van der Waals surface area contributed by atoms with Crippen LogP contribution in [0.15, 0.2) is 73.3 Å². The maximum Gasteiger partial charge on any atom is 0.131 e. The number of aryl methyl sites for hydroxylation is 1. The van der Waals surface area contributed by atoms with Gasteiger partial charge in [0.25, 0.3) is 0 Å². The van der Waals surface area contributed by atoms with E-state index in [0.29, 0.717) is 5.92 Å². The molecule has 7 heteroatoms. The molecule has 0 spiro atoms. The van der Waals surface area contributed by atoms with Crippen LogP contribution >= 0.6 is 0 Å². The summed E-state index contributed by atoms with van der Waals surface area (Å²) in [7, 11) is 2.13. The number of nitrogens with one attached hydrogen (secondary N) is 1. The van der Waals surface area contributed by atoms with Gasteiger partial charge in [-0.3, -0.25) is 4.98 Å². The van der Waals surface area contributed by atoms with Crippen LogP contribution in [0, 0.1) is 0 Å². The molecule has 1 aliphatic carbocycles. The Morgan fingerprint density at radius 1 is 0.970 bits per heavy atom. The fourth-order valence-corrected chi connectivity index (χ4v) is 4.83. The van der Waals surface area contributed by atoms with Crippen molar-refractivity contribution >= 4 is 22.4 Å². The Morgan fingerprint density at radius 2 is 1.85 bits per heavy atom. The summed E-state index contributed by atoms with van der Waals surface area (Å²) in [6.45, 7) is 0.917. The van der Waals surface area contributed by atoms with E-state index in [-0.39, 0.29) is 0 Å². The SMILES string of the molecule is CN(c1ccccc1)c1ccc2c(c1)CCCC2Cn1cnc(-c2cc3n[nH]nc3cn2)c1. The Kier molecular flexibility index (Phi) is 4.87. The third-order valence-corrected chi connectivity index (χ3v) is 6.63.